The Hall–Kier alpha value is -4.07. The molecular weight excluding hydrogens is 420 g/mol. The van der Waals surface area contributed by atoms with Gasteiger partial charge in [-0.15, -0.1) is 0 Å². The Morgan fingerprint density at radius 1 is 1.00 bits per heavy atom. The lowest BCUT2D eigenvalue weighted by Gasteiger charge is -2.16. The first-order valence-corrected chi connectivity index (χ1v) is 10.6. The zero-order chi connectivity index (χ0) is 23.2. The van der Waals surface area contributed by atoms with E-state index in [4.69, 9.17) is 9.47 Å². The van der Waals surface area contributed by atoms with Crippen LogP contribution >= 0.6 is 0 Å². The summed E-state index contributed by atoms with van der Waals surface area (Å²) in [6, 6.07) is 16.2. The summed E-state index contributed by atoms with van der Waals surface area (Å²) in [5.41, 5.74) is 4.18. The highest BCUT2D eigenvalue weighted by atomic mass is 16.5. The van der Waals surface area contributed by atoms with Crippen LogP contribution in [0.5, 0.6) is 11.5 Å². The number of rotatable bonds is 7. The summed E-state index contributed by atoms with van der Waals surface area (Å²) in [5.74, 6) is 1.16. The van der Waals surface area contributed by atoms with E-state index in [0.717, 1.165) is 16.8 Å². The highest BCUT2D eigenvalue weighted by Crippen LogP contribution is 2.27. The Kier molecular flexibility index (Phi) is 6.73. The molecule has 1 aliphatic rings. The molecule has 0 fully saturated rings. The third kappa shape index (κ3) is 5.23. The molecule has 33 heavy (non-hydrogen) atoms. The lowest BCUT2D eigenvalue weighted by molar-refractivity contribution is 0.0954. The van der Waals surface area contributed by atoms with E-state index in [0.29, 0.717) is 48.8 Å². The molecule has 8 nitrogen and oxygen atoms in total. The number of amides is 3. The fourth-order valence-electron chi connectivity index (χ4n) is 3.71. The van der Waals surface area contributed by atoms with Crippen LogP contribution in [-0.2, 0) is 19.5 Å². The number of benzene rings is 2. The summed E-state index contributed by atoms with van der Waals surface area (Å²) in [5, 5.41) is 5.79. The number of nitrogens with zero attached hydrogens (tertiary/aromatic N) is 2. The Morgan fingerprint density at radius 3 is 2.52 bits per heavy atom. The Labute approximate surface area is 192 Å². The number of anilines is 1. The number of aromatic nitrogens is 1. The summed E-state index contributed by atoms with van der Waals surface area (Å²) < 4.78 is 10.6. The molecule has 2 aromatic carbocycles. The van der Waals surface area contributed by atoms with Crippen molar-refractivity contribution in [1.82, 2.24) is 15.2 Å². The fraction of sp³-hybridized carbons (Fsp3) is 0.240. The van der Waals surface area contributed by atoms with Gasteiger partial charge in [0.25, 0.3) is 5.91 Å². The Balaban J connectivity index is 1.26. The number of methoxy groups -OCH3 is 2. The first kappa shape index (κ1) is 22.1. The maximum Gasteiger partial charge on any atom is 0.322 e. The van der Waals surface area contributed by atoms with Crippen LogP contribution in [0.1, 0.15) is 27.2 Å². The summed E-state index contributed by atoms with van der Waals surface area (Å²) in [6.07, 6.45) is 2.39. The van der Waals surface area contributed by atoms with E-state index >= 15 is 0 Å². The number of pyridine rings is 1. The van der Waals surface area contributed by atoms with Crippen molar-refractivity contribution in [2.45, 2.75) is 19.5 Å². The van der Waals surface area contributed by atoms with Crippen molar-refractivity contribution in [2.75, 3.05) is 26.1 Å². The molecule has 8 heteroatoms. The molecule has 4 rings (SSSR count). The smallest absolute Gasteiger partial charge is 0.322 e. The highest BCUT2D eigenvalue weighted by Gasteiger charge is 2.24. The minimum Gasteiger partial charge on any atom is -0.493 e. The van der Waals surface area contributed by atoms with Crippen LogP contribution in [0.3, 0.4) is 0 Å². The summed E-state index contributed by atoms with van der Waals surface area (Å²) >= 11 is 0. The number of carbonyl (C=O) groups is 2. The minimum atomic E-state index is -0.194. The normalized spacial score (nSPS) is 12.1. The summed E-state index contributed by atoms with van der Waals surface area (Å²) in [7, 11) is 3.19. The van der Waals surface area contributed by atoms with Gasteiger partial charge in [0, 0.05) is 30.5 Å². The number of ether oxygens (including phenoxy) is 2. The van der Waals surface area contributed by atoms with E-state index in [1.807, 2.05) is 30.3 Å². The quantitative estimate of drug-likeness (QED) is 0.578. The molecule has 0 unspecified atom stereocenters. The number of carbonyl (C=O) groups excluding carboxylic acids is 2. The van der Waals surface area contributed by atoms with E-state index in [1.165, 1.54) is 0 Å². The largest absolute Gasteiger partial charge is 0.493 e. The standard InChI is InChI=1S/C25H26N4O4/c1-32-22-10-5-17(14-23(22)33-2)11-13-27-24(30)18-6-8-20(9-7-18)28-25(31)29-15-19-4-3-12-26-21(19)16-29/h3-10,12,14H,11,13,15-16H2,1-2H3,(H,27,30)(H,28,31). The van der Waals surface area contributed by atoms with Crippen molar-refractivity contribution >= 4 is 17.6 Å². The number of urea groups is 1. The van der Waals surface area contributed by atoms with E-state index < -0.39 is 0 Å². The fourth-order valence-corrected chi connectivity index (χ4v) is 3.71. The number of hydrogen-bond acceptors (Lipinski definition) is 5. The molecule has 0 aliphatic carbocycles. The molecule has 0 saturated heterocycles. The van der Waals surface area contributed by atoms with E-state index in [9.17, 15) is 9.59 Å². The third-order valence-electron chi connectivity index (χ3n) is 5.52. The predicted molar refractivity (Wildman–Crippen MR) is 125 cm³/mol. The van der Waals surface area contributed by atoms with Crippen molar-refractivity contribution in [1.29, 1.82) is 0 Å². The average Bonchev–Trinajstić information content (AvgIpc) is 3.29. The van der Waals surface area contributed by atoms with Crippen molar-refractivity contribution in [3.63, 3.8) is 0 Å². The van der Waals surface area contributed by atoms with E-state index in [2.05, 4.69) is 15.6 Å². The summed E-state index contributed by atoms with van der Waals surface area (Å²) in [4.78, 5) is 31.0. The average molecular weight is 447 g/mol. The Morgan fingerprint density at radius 2 is 1.79 bits per heavy atom. The summed E-state index contributed by atoms with van der Waals surface area (Å²) in [6.45, 7) is 1.51. The van der Waals surface area contributed by atoms with Crippen molar-refractivity contribution < 1.29 is 19.1 Å². The molecule has 0 spiro atoms. The molecular formula is C25H26N4O4. The molecule has 1 aromatic heterocycles. The maximum atomic E-state index is 12.6. The van der Waals surface area contributed by atoms with Gasteiger partial charge < -0.3 is 25.0 Å². The molecule has 2 N–H and O–H groups in total. The van der Waals surface area contributed by atoms with Gasteiger partial charge in [0.2, 0.25) is 0 Å². The van der Waals surface area contributed by atoms with Gasteiger partial charge in [-0.1, -0.05) is 12.1 Å². The third-order valence-corrected chi connectivity index (χ3v) is 5.52. The van der Waals surface area contributed by atoms with E-state index in [1.54, 1.807) is 49.6 Å². The zero-order valence-electron chi connectivity index (χ0n) is 18.6. The van der Waals surface area contributed by atoms with Crippen LogP contribution in [0, 0.1) is 0 Å². The van der Waals surface area contributed by atoms with Crippen LogP contribution in [0.4, 0.5) is 10.5 Å². The van der Waals surface area contributed by atoms with Crippen molar-refractivity contribution in [2.24, 2.45) is 0 Å². The van der Waals surface area contributed by atoms with Crippen molar-refractivity contribution in [3.05, 3.63) is 83.2 Å². The van der Waals surface area contributed by atoms with Crippen LogP contribution in [0.15, 0.2) is 60.8 Å². The van der Waals surface area contributed by atoms with Gasteiger partial charge in [0.1, 0.15) is 0 Å². The monoisotopic (exact) mass is 446 g/mol. The van der Waals surface area contributed by atoms with Gasteiger partial charge in [0.05, 0.1) is 26.5 Å². The second kappa shape index (κ2) is 10.0. The second-order valence-electron chi connectivity index (χ2n) is 7.67. The molecule has 0 bridgehead atoms. The SMILES string of the molecule is COc1ccc(CCNC(=O)c2ccc(NC(=O)N3Cc4cccnc4C3)cc2)cc1OC. The van der Waals surface area contributed by atoms with Gasteiger partial charge in [0.15, 0.2) is 11.5 Å². The van der Waals surface area contributed by atoms with Crippen LogP contribution in [0.2, 0.25) is 0 Å². The molecule has 1 aliphatic heterocycles. The number of hydrogen-bond donors (Lipinski definition) is 2. The topological polar surface area (TPSA) is 92.8 Å². The first-order chi connectivity index (χ1) is 16.1. The zero-order valence-corrected chi connectivity index (χ0v) is 18.6. The number of fused-ring (bicyclic) bond motifs is 1. The van der Waals surface area contributed by atoms with Crippen LogP contribution < -0.4 is 20.1 Å². The molecule has 0 radical (unpaired) electrons. The number of nitrogens with one attached hydrogen (secondary N) is 2. The van der Waals surface area contributed by atoms with Crippen LogP contribution in [0.25, 0.3) is 0 Å². The maximum absolute atomic E-state index is 12.6. The van der Waals surface area contributed by atoms with Gasteiger partial charge in [-0.05, 0) is 60.0 Å². The van der Waals surface area contributed by atoms with Gasteiger partial charge in [-0.2, -0.15) is 0 Å². The lowest BCUT2D eigenvalue weighted by Crippen LogP contribution is -2.30. The molecule has 2 heterocycles. The Bertz CT molecular complexity index is 1120. The predicted octanol–water partition coefficient (Wildman–Crippen LogP) is 3.62. The molecule has 0 atom stereocenters. The molecule has 0 saturated carbocycles. The van der Waals surface area contributed by atoms with Gasteiger partial charge in [-0.25, -0.2) is 4.79 Å². The first-order valence-electron chi connectivity index (χ1n) is 10.6. The van der Waals surface area contributed by atoms with Gasteiger partial charge >= 0.3 is 6.03 Å². The van der Waals surface area contributed by atoms with E-state index in [-0.39, 0.29) is 11.9 Å². The van der Waals surface area contributed by atoms with Crippen molar-refractivity contribution in [3.8, 4) is 11.5 Å². The molecule has 3 aromatic rings. The van der Waals surface area contributed by atoms with Gasteiger partial charge in [-0.3, -0.25) is 9.78 Å². The minimum absolute atomic E-state index is 0.172. The lowest BCUT2D eigenvalue weighted by atomic mass is 10.1. The molecule has 170 valence electrons. The van der Waals surface area contributed by atoms with Crippen LogP contribution in [-0.4, -0.2) is 42.6 Å². The highest BCUT2D eigenvalue weighted by molar-refractivity contribution is 5.95. The molecule has 3 amide bonds. The second-order valence-corrected chi connectivity index (χ2v) is 7.67.